The van der Waals surface area contributed by atoms with Crippen LogP contribution in [-0.4, -0.2) is 0 Å². The lowest BCUT2D eigenvalue weighted by Crippen LogP contribution is -2.36. The van der Waals surface area contributed by atoms with Gasteiger partial charge in [-0.3, -0.25) is 0 Å². The molecule has 0 saturated heterocycles. The molecular weight excluding hydrogens is 805 g/mol. The second-order valence-corrected chi connectivity index (χ2v) is 18.8. The van der Waals surface area contributed by atoms with Crippen LogP contribution in [0.1, 0.15) is 111 Å². The van der Waals surface area contributed by atoms with Gasteiger partial charge >= 0.3 is 0 Å². The molecule has 1 aliphatic rings. The van der Waals surface area contributed by atoms with Crippen molar-refractivity contribution in [3.8, 4) is 33.4 Å². The Morgan fingerprint density at radius 3 is 1.63 bits per heavy atom. The van der Waals surface area contributed by atoms with Gasteiger partial charge in [0.2, 0.25) is 0 Å². The second kappa shape index (κ2) is 20.2. The summed E-state index contributed by atoms with van der Waals surface area (Å²) in [5.74, 6) is 0.874. The number of hydrogen-bond donors (Lipinski definition) is 0. The highest BCUT2D eigenvalue weighted by Gasteiger charge is 2.40. The maximum absolute atomic E-state index is 2.45. The fraction of sp³-hybridized carbons (Fsp3) is 0.194. The monoisotopic (exact) mass is 869 g/mol. The second-order valence-electron chi connectivity index (χ2n) is 18.8. The van der Waals surface area contributed by atoms with E-state index in [1.165, 1.54) is 100 Å². The van der Waals surface area contributed by atoms with Gasteiger partial charge in [0.15, 0.2) is 0 Å². The lowest BCUT2D eigenvalue weighted by molar-refractivity contribution is 0.392. The van der Waals surface area contributed by atoms with Crippen LogP contribution in [0.5, 0.6) is 0 Å². The molecule has 0 heterocycles. The van der Waals surface area contributed by atoms with Gasteiger partial charge in [-0.05, 0) is 139 Å². The van der Waals surface area contributed by atoms with E-state index in [-0.39, 0.29) is 5.41 Å². The van der Waals surface area contributed by atoms with Crippen molar-refractivity contribution in [3.63, 3.8) is 0 Å². The van der Waals surface area contributed by atoms with Gasteiger partial charge in [0.1, 0.15) is 0 Å². The molecule has 0 fully saturated rings. The molecule has 332 valence electrons. The van der Waals surface area contributed by atoms with E-state index in [0.717, 1.165) is 25.7 Å². The molecule has 2 unspecified atom stereocenters. The minimum absolute atomic E-state index is 0.251. The molecule has 0 radical (unpaired) electrons. The van der Waals surface area contributed by atoms with Crippen LogP contribution in [0.2, 0.25) is 0 Å². The minimum Gasteiger partial charge on any atom is -0.0764 e. The van der Waals surface area contributed by atoms with Gasteiger partial charge in [-0.1, -0.05) is 259 Å². The van der Waals surface area contributed by atoms with Gasteiger partial charge in [-0.15, -0.1) is 0 Å². The van der Waals surface area contributed by atoms with Crippen molar-refractivity contribution in [3.05, 3.63) is 268 Å². The quantitative estimate of drug-likeness (QED) is 0.0754. The first-order chi connectivity index (χ1) is 32.8. The number of fused-ring (bicyclic) bond motifs is 3. The maximum atomic E-state index is 2.45. The molecule has 0 saturated carbocycles. The summed E-state index contributed by atoms with van der Waals surface area (Å²) in [6.07, 6.45) is 9.15. The first kappa shape index (κ1) is 45.1. The smallest absolute Gasteiger partial charge is 0.0476 e. The van der Waals surface area contributed by atoms with Crippen molar-refractivity contribution in [1.29, 1.82) is 0 Å². The van der Waals surface area contributed by atoms with E-state index in [1.807, 2.05) is 0 Å². The topological polar surface area (TPSA) is 0 Å². The number of allylic oxidation sites excluding steroid dienone is 6. The minimum atomic E-state index is -0.251. The largest absolute Gasteiger partial charge is 0.0764 e. The normalized spacial score (nSPS) is 14.7. The van der Waals surface area contributed by atoms with Crippen molar-refractivity contribution in [2.24, 2.45) is 5.92 Å². The highest BCUT2D eigenvalue weighted by molar-refractivity contribution is 5.97. The first-order valence-corrected chi connectivity index (χ1v) is 24.6. The summed E-state index contributed by atoms with van der Waals surface area (Å²) in [7, 11) is 0. The summed E-state index contributed by atoms with van der Waals surface area (Å²) in [4.78, 5) is 0. The zero-order chi connectivity index (χ0) is 46.3. The van der Waals surface area contributed by atoms with E-state index < -0.39 is 0 Å². The van der Waals surface area contributed by atoms with Crippen molar-refractivity contribution >= 4 is 16.7 Å². The van der Waals surface area contributed by atoms with Gasteiger partial charge in [-0.25, -0.2) is 0 Å². The highest BCUT2D eigenvalue weighted by atomic mass is 14.4. The lowest BCUT2D eigenvalue weighted by atomic mass is 9.61. The molecule has 0 N–H and O–H groups in total. The van der Waals surface area contributed by atoms with Crippen LogP contribution < -0.4 is 0 Å². The fourth-order valence-electron chi connectivity index (χ4n) is 10.9. The van der Waals surface area contributed by atoms with Crippen LogP contribution >= 0.6 is 0 Å². The standard InChI is InChI=1S/C67H64/c1-7-9-29-63(50(6)65(55-22-13-10-14-23-55)46-48(4)62-32-21-31-61-47(3)45-57-24-19-20-30-64(57)66(61)62)56-39-37-53(38-40-56)51-33-35-52(36-34-51)54-41-43-60(44-42-54)67(49(5)8-2,58-25-15-11-16-26-58)59-27-17-12-18-28-59/h10-44,46-47,49H,7-9,45H2,1-6H3/b48-46+,63-29+,65-50+. The van der Waals surface area contributed by atoms with E-state index in [1.54, 1.807) is 0 Å². The van der Waals surface area contributed by atoms with Crippen molar-refractivity contribution < 1.29 is 0 Å². The van der Waals surface area contributed by atoms with E-state index in [9.17, 15) is 0 Å². The molecule has 67 heavy (non-hydrogen) atoms. The third-order valence-electron chi connectivity index (χ3n) is 14.7. The molecule has 2 atom stereocenters. The summed E-state index contributed by atoms with van der Waals surface area (Å²) >= 11 is 0. The molecule has 0 amide bonds. The van der Waals surface area contributed by atoms with E-state index in [0.29, 0.717) is 11.8 Å². The molecule has 0 bridgehead atoms. The zero-order valence-electron chi connectivity index (χ0n) is 40.3. The third kappa shape index (κ3) is 8.99. The number of hydrogen-bond acceptors (Lipinski definition) is 0. The molecule has 0 nitrogen and oxygen atoms in total. The molecule has 0 heteroatoms. The van der Waals surface area contributed by atoms with Crippen LogP contribution in [0.15, 0.2) is 224 Å². The highest BCUT2D eigenvalue weighted by Crippen LogP contribution is 2.48. The van der Waals surface area contributed by atoms with E-state index in [4.69, 9.17) is 0 Å². The lowest BCUT2D eigenvalue weighted by Gasteiger charge is -2.41. The molecule has 9 rings (SSSR count). The molecular formula is C67H64. The molecule has 8 aromatic carbocycles. The Morgan fingerprint density at radius 2 is 1.06 bits per heavy atom. The zero-order valence-corrected chi connectivity index (χ0v) is 40.3. The number of benzene rings is 8. The Morgan fingerprint density at radius 1 is 0.552 bits per heavy atom. The fourth-order valence-corrected chi connectivity index (χ4v) is 10.9. The van der Waals surface area contributed by atoms with Crippen molar-refractivity contribution in [1.82, 2.24) is 0 Å². The van der Waals surface area contributed by atoms with E-state index >= 15 is 0 Å². The maximum Gasteiger partial charge on any atom is 0.0476 e. The van der Waals surface area contributed by atoms with Crippen molar-refractivity contribution in [2.45, 2.75) is 78.6 Å². The molecule has 1 aliphatic carbocycles. The van der Waals surface area contributed by atoms with Gasteiger partial charge in [0.25, 0.3) is 0 Å². The Hall–Kier alpha value is -7.02. The summed E-state index contributed by atoms with van der Waals surface area (Å²) in [6, 6.07) is 76.7. The van der Waals surface area contributed by atoms with Crippen molar-refractivity contribution in [2.75, 3.05) is 0 Å². The summed E-state index contributed by atoms with van der Waals surface area (Å²) in [6.45, 7) is 14.0. The molecule has 8 aromatic rings. The number of rotatable bonds is 14. The van der Waals surface area contributed by atoms with Crippen LogP contribution in [-0.2, 0) is 11.8 Å². The average molecular weight is 869 g/mol. The van der Waals surface area contributed by atoms with Crippen LogP contribution in [0.4, 0.5) is 0 Å². The average Bonchev–Trinajstić information content (AvgIpc) is 3.39. The van der Waals surface area contributed by atoms with Crippen LogP contribution in [0, 0.1) is 5.92 Å². The Kier molecular flexibility index (Phi) is 13.6. The predicted octanol–water partition coefficient (Wildman–Crippen LogP) is 18.5. The van der Waals surface area contributed by atoms with Gasteiger partial charge in [0, 0.05) is 5.41 Å². The van der Waals surface area contributed by atoms with Crippen LogP contribution in [0.3, 0.4) is 0 Å². The Labute approximate surface area is 401 Å². The molecule has 0 aromatic heterocycles. The number of unbranched alkanes of at least 4 members (excludes halogenated alkanes) is 1. The van der Waals surface area contributed by atoms with Crippen LogP contribution in [0.25, 0.3) is 50.1 Å². The van der Waals surface area contributed by atoms with E-state index in [2.05, 4.69) is 260 Å². The summed E-state index contributed by atoms with van der Waals surface area (Å²) in [5.41, 5.74) is 23.2. The third-order valence-corrected chi connectivity index (χ3v) is 14.7. The SMILES string of the molecule is CCC\C=C(/C(C)=C(\C=C(/C)c1cccc2c1-c1ccccc1CC2C)c1ccccc1)c1ccc(-c2ccc(-c3ccc(C(c4ccccc4)(c4ccccc4)C(C)CC)cc3)cc2)cc1. The first-order valence-electron chi connectivity index (χ1n) is 24.6. The Bertz CT molecular complexity index is 2980. The summed E-state index contributed by atoms with van der Waals surface area (Å²) < 4.78 is 0. The van der Waals surface area contributed by atoms with Gasteiger partial charge in [-0.2, -0.15) is 0 Å². The summed E-state index contributed by atoms with van der Waals surface area (Å²) in [5, 5.41) is 0. The predicted molar refractivity (Wildman–Crippen MR) is 289 cm³/mol. The molecule has 0 spiro atoms. The van der Waals surface area contributed by atoms with Gasteiger partial charge in [0.05, 0.1) is 0 Å². The Balaban J connectivity index is 1.02. The molecule has 0 aliphatic heterocycles. The van der Waals surface area contributed by atoms with Gasteiger partial charge < -0.3 is 0 Å².